The highest BCUT2D eigenvalue weighted by molar-refractivity contribution is 5.84. The molecule has 4 heteroatoms. The third-order valence-corrected chi connectivity index (χ3v) is 6.20. The van der Waals surface area contributed by atoms with Gasteiger partial charge in [0.2, 0.25) is 0 Å². The van der Waals surface area contributed by atoms with E-state index in [-0.39, 0.29) is 5.60 Å². The SMILES string of the molecule is O/N=c1\oc2cc3c(cc2c2c1CCC2)CCC1(CCCCC1)O3. The maximum absolute atomic E-state index is 9.30. The van der Waals surface area contributed by atoms with Gasteiger partial charge in [-0.15, -0.1) is 0 Å². The second kappa shape index (κ2) is 5.27. The lowest BCUT2D eigenvalue weighted by atomic mass is 9.79. The monoisotopic (exact) mass is 325 g/mol. The predicted octanol–water partition coefficient (Wildman–Crippen LogP) is 4.24. The molecule has 5 rings (SSSR count). The zero-order chi connectivity index (χ0) is 16.1. The Balaban J connectivity index is 1.65. The molecule has 1 spiro atoms. The Morgan fingerprint density at radius 1 is 0.917 bits per heavy atom. The number of fused-ring (bicyclic) bond motifs is 4. The number of ether oxygens (including phenoxy) is 1. The second-order valence-corrected chi connectivity index (χ2v) is 7.62. The van der Waals surface area contributed by atoms with Crippen molar-refractivity contribution in [1.29, 1.82) is 0 Å². The van der Waals surface area contributed by atoms with E-state index in [1.807, 2.05) is 6.07 Å². The molecule has 1 saturated carbocycles. The molecule has 1 aromatic carbocycles. The summed E-state index contributed by atoms with van der Waals surface area (Å²) in [5, 5.41) is 13.9. The number of rotatable bonds is 0. The van der Waals surface area contributed by atoms with E-state index in [0.29, 0.717) is 5.55 Å². The van der Waals surface area contributed by atoms with Crippen LogP contribution < -0.4 is 10.3 Å². The van der Waals surface area contributed by atoms with Gasteiger partial charge in [-0.2, -0.15) is 0 Å². The van der Waals surface area contributed by atoms with E-state index in [0.717, 1.165) is 49.0 Å². The third-order valence-electron chi connectivity index (χ3n) is 6.20. The van der Waals surface area contributed by atoms with Crippen LogP contribution in [0.3, 0.4) is 0 Å². The summed E-state index contributed by atoms with van der Waals surface area (Å²) in [4.78, 5) is 0. The van der Waals surface area contributed by atoms with Crippen molar-refractivity contribution in [3.8, 4) is 5.75 Å². The van der Waals surface area contributed by atoms with Gasteiger partial charge in [0.1, 0.15) is 16.9 Å². The van der Waals surface area contributed by atoms with E-state index < -0.39 is 0 Å². The summed E-state index contributed by atoms with van der Waals surface area (Å²) in [6.07, 6.45) is 11.5. The quantitative estimate of drug-likeness (QED) is 0.582. The molecule has 1 aromatic heterocycles. The smallest absolute Gasteiger partial charge is 0.259 e. The highest BCUT2D eigenvalue weighted by Gasteiger charge is 2.37. The minimum Gasteiger partial charge on any atom is -0.487 e. The van der Waals surface area contributed by atoms with Crippen LogP contribution in [0.25, 0.3) is 11.0 Å². The van der Waals surface area contributed by atoms with Crippen LogP contribution in [0, 0.1) is 0 Å². The van der Waals surface area contributed by atoms with Crippen molar-refractivity contribution in [2.45, 2.75) is 69.8 Å². The molecule has 2 heterocycles. The maximum atomic E-state index is 9.30. The van der Waals surface area contributed by atoms with Crippen molar-refractivity contribution in [2.24, 2.45) is 5.16 Å². The van der Waals surface area contributed by atoms with Gasteiger partial charge in [0.25, 0.3) is 5.55 Å². The van der Waals surface area contributed by atoms with E-state index in [2.05, 4.69) is 11.2 Å². The van der Waals surface area contributed by atoms with Crippen LogP contribution in [0.4, 0.5) is 0 Å². The van der Waals surface area contributed by atoms with Crippen molar-refractivity contribution >= 4 is 11.0 Å². The lowest BCUT2D eigenvalue weighted by Crippen LogP contribution is -2.41. The van der Waals surface area contributed by atoms with E-state index in [4.69, 9.17) is 9.15 Å². The van der Waals surface area contributed by atoms with Gasteiger partial charge in [-0.1, -0.05) is 6.42 Å². The van der Waals surface area contributed by atoms with Gasteiger partial charge in [0, 0.05) is 17.0 Å². The molecule has 1 aliphatic heterocycles. The fourth-order valence-electron chi connectivity index (χ4n) is 4.94. The topological polar surface area (TPSA) is 55.0 Å². The summed E-state index contributed by atoms with van der Waals surface area (Å²) in [5.74, 6) is 0.973. The average molecular weight is 325 g/mol. The van der Waals surface area contributed by atoms with Crippen molar-refractivity contribution in [3.63, 3.8) is 0 Å². The summed E-state index contributed by atoms with van der Waals surface area (Å²) in [5.41, 5.74) is 4.87. The first-order valence-electron chi connectivity index (χ1n) is 9.27. The number of hydrogen-bond acceptors (Lipinski definition) is 4. The fourth-order valence-corrected chi connectivity index (χ4v) is 4.94. The molecule has 2 aromatic rings. The molecule has 0 amide bonds. The van der Waals surface area contributed by atoms with E-state index in [1.54, 1.807) is 0 Å². The van der Waals surface area contributed by atoms with E-state index >= 15 is 0 Å². The minimum atomic E-state index is 0.0415. The molecule has 3 aliphatic rings. The van der Waals surface area contributed by atoms with Crippen LogP contribution in [0.5, 0.6) is 5.75 Å². The van der Waals surface area contributed by atoms with E-state index in [1.165, 1.54) is 48.6 Å². The number of aryl methyl sites for hydroxylation is 2. The van der Waals surface area contributed by atoms with Gasteiger partial charge in [-0.25, -0.2) is 0 Å². The Hall–Kier alpha value is -1.97. The molecular weight excluding hydrogens is 302 g/mol. The molecule has 0 radical (unpaired) electrons. The number of nitrogens with zero attached hydrogens (tertiary/aromatic N) is 1. The number of benzene rings is 1. The van der Waals surface area contributed by atoms with Crippen molar-refractivity contribution in [1.82, 2.24) is 0 Å². The molecule has 126 valence electrons. The van der Waals surface area contributed by atoms with Crippen molar-refractivity contribution in [3.05, 3.63) is 34.4 Å². The van der Waals surface area contributed by atoms with Gasteiger partial charge in [-0.3, -0.25) is 0 Å². The standard InChI is InChI=1S/C20H23NO3/c22-21-19-15-6-4-5-14(15)16-11-13-7-10-20(8-2-1-3-9-20)24-17(13)12-18(16)23-19/h11-12,22H,1-10H2/b21-19-. The summed E-state index contributed by atoms with van der Waals surface area (Å²) in [6, 6.07) is 4.29. The van der Waals surface area contributed by atoms with Gasteiger partial charge in [0.05, 0.1) is 0 Å². The second-order valence-electron chi connectivity index (χ2n) is 7.62. The Labute approximate surface area is 141 Å². The van der Waals surface area contributed by atoms with Crippen LogP contribution in [-0.2, 0) is 19.3 Å². The molecule has 2 aliphatic carbocycles. The normalized spacial score (nSPS) is 22.4. The molecule has 0 bridgehead atoms. The van der Waals surface area contributed by atoms with Crippen LogP contribution >= 0.6 is 0 Å². The predicted molar refractivity (Wildman–Crippen MR) is 90.4 cm³/mol. The Kier molecular flexibility index (Phi) is 3.15. The highest BCUT2D eigenvalue weighted by Crippen LogP contribution is 2.43. The molecule has 0 atom stereocenters. The Morgan fingerprint density at radius 3 is 2.58 bits per heavy atom. The van der Waals surface area contributed by atoms with E-state index in [9.17, 15) is 5.21 Å². The molecule has 1 fully saturated rings. The summed E-state index contributed by atoms with van der Waals surface area (Å²) >= 11 is 0. The van der Waals surface area contributed by atoms with Crippen LogP contribution in [-0.4, -0.2) is 10.8 Å². The Morgan fingerprint density at radius 2 is 1.75 bits per heavy atom. The van der Waals surface area contributed by atoms with Gasteiger partial charge in [0.15, 0.2) is 0 Å². The largest absolute Gasteiger partial charge is 0.487 e. The maximum Gasteiger partial charge on any atom is 0.259 e. The third kappa shape index (κ3) is 2.08. The van der Waals surface area contributed by atoms with Gasteiger partial charge >= 0.3 is 0 Å². The van der Waals surface area contributed by atoms with Gasteiger partial charge in [-0.05, 0) is 80.1 Å². The molecule has 0 unspecified atom stereocenters. The van der Waals surface area contributed by atoms with Gasteiger partial charge < -0.3 is 14.4 Å². The summed E-state index contributed by atoms with van der Waals surface area (Å²) in [7, 11) is 0. The van der Waals surface area contributed by atoms with Crippen molar-refractivity contribution in [2.75, 3.05) is 0 Å². The molecule has 4 nitrogen and oxygen atoms in total. The number of hydrogen-bond donors (Lipinski definition) is 1. The summed E-state index contributed by atoms with van der Waals surface area (Å²) in [6.45, 7) is 0. The first kappa shape index (κ1) is 14.4. The molecular formula is C20H23NO3. The lowest BCUT2D eigenvalue weighted by molar-refractivity contribution is 0.0109. The van der Waals surface area contributed by atoms with Crippen molar-refractivity contribution < 1.29 is 14.4 Å². The summed E-state index contributed by atoms with van der Waals surface area (Å²) < 4.78 is 12.4. The van der Waals surface area contributed by atoms with Crippen LogP contribution in [0.15, 0.2) is 21.7 Å². The molecule has 1 N–H and O–H groups in total. The average Bonchev–Trinajstić information content (AvgIpc) is 3.10. The first-order chi connectivity index (χ1) is 11.8. The highest BCUT2D eigenvalue weighted by atomic mass is 16.5. The lowest BCUT2D eigenvalue weighted by Gasteiger charge is -2.41. The fraction of sp³-hybridized carbons (Fsp3) is 0.550. The van der Waals surface area contributed by atoms with Crippen LogP contribution in [0.1, 0.15) is 61.6 Å². The Bertz CT molecular complexity index is 875. The molecule has 0 saturated heterocycles. The minimum absolute atomic E-state index is 0.0415. The zero-order valence-electron chi connectivity index (χ0n) is 13.9. The zero-order valence-corrected chi connectivity index (χ0v) is 13.9. The van der Waals surface area contributed by atoms with Crippen LogP contribution in [0.2, 0.25) is 0 Å². The molecule has 24 heavy (non-hydrogen) atoms. The first-order valence-corrected chi connectivity index (χ1v) is 9.27.